The number of hydrogen-bond donors (Lipinski definition) is 0. The molecule has 1 nitrogen and oxygen atoms in total. The zero-order chi connectivity index (χ0) is 10.1. The van der Waals surface area contributed by atoms with Crippen molar-refractivity contribution in [2.45, 2.75) is 11.8 Å². The first-order valence-electron chi connectivity index (χ1n) is 4.23. The van der Waals surface area contributed by atoms with Gasteiger partial charge in [0.05, 0.1) is 10.3 Å². The Hall–Kier alpha value is -0.980. The summed E-state index contributed by atoms with van der Waals surface area (Å²) < 4.78 is 1.11. The highest BCUT2D eigenvalue weighted by atomic mass is 32.2. The second kappa shape index (κ2) is 3.64. The number of aryl methyl sites for hydroxylation is 1. The number of nitrogens with zero attached hydrogens (tertiary/aromatic N) is 1. The topological polar surface area (TPSA) is 23.8 Å². The molecule has 0 unspecified atom stereocenters. The van der Waals surface area contributed by atoms with E-state index in [9.17, 15) is 0 Å². The molecular weight excluding hydrogens is 210 g/mol. The SMILES string of the molecule is CSc1c(C)cc(C#N)c2sccc12. The summed E-state index contributed by atoms with van der Waals surface area (Å²) >= 11 is 3.39. The number of fused-ring (bicyclic) bond motifs is 1. The maximum atomic E-state index is 8.99. The van der Waals surface area contributed by atoms with Gasteiger partial charge in [0.1, 0.15) is 6.07 Å². The van der Waals surface area contributed by atoms with Gasteiger partial charge >= 0.3 is 0 Å². The lowest BCUT2D eigenvalue weighted by atomic mass is 10.1. The zero-order valence-electron chi connectivity index (χ0n) is 8.00. The summed E-state index contributed by atoms with van der Waals surface area (Å²) in [5, 5.41) is 12.3. The molecule has 0 saturated carbocycles. The van der Waals surface area contributed by atoms with Gasteiger partial charge in [0.25, 0.3) is 0 Å². The first-order valence-corrected chi connectivity index (χ1v) is 6.33. The van der Waals surface area contributed by atoms with Crippen LogP contribution in [0, 0.1) is 18.3 Å². The Labute approximate surface area is 91.4 Å². The molecule has 0 atom stereocenters. The molecule has 0 aliphatic carbocycles. The molecule has 0 fully saturated rings. The van der Waals surface area contributed by atoms with Crippen LogP contribution in [0.1, 0.15) is 11.1 Å². The van der Waals surface area contributed by atoms with Crippen LogP contribution in [0.2, 0.25) is 0 Å². The predicted molar refractivity (Wildman–Crippen MR) is 63.1 cm³/mol. The van der Waals surface area contributed by atoms with E-state index in [-0.39, 0.29) is 0 Å². The fourth-order valence-electron chi connectivity index (χ4n) is 1.61. The molecule has 70 valence electrons. The Kier molecular flexibility index (Phi) is 2.49. The quantitative estimate of drug-likeness (QED) is 0.681. The molecule has 0 spiro atoms. The molecule has 2 aromatic rings. The highest BCUT2D eigenvalue weighted by Gasteiger charge is 2.09. The molecular formula is C11H9NS2. The molecule has 0 amide bonds. The van der Waals surface area contributed by atoms with E-state index in [1.54, 1.807) is 23.1 Å². The molecule has 14 heavy (non-hydrogen) atoms. The van der Waals surface area contributed by atoms with Crippen molar-refractivity contribution in [3.63, 3.8) is 0 Å². The summed E-state index contributed by atoms with van der Waals surface area (Å²) in [7, 11) is 0. The summed E-state index contributed by atoms with van der Waals surface area (Å²) in [6.45, 7) is 2.06. The van der Waals surface area contributed by atoms with Crippen molar-refractivity contribution >= 4 is 33.2 Å². The van der Waals surface area contributed by atoms with Gasteiger partial charge < -0.3 is 0 Å². The summed E-state index contributed by atoms with van der Waals surface area (Å²) in [5.74, 6) is 0. The molecule has 1 aromatic heterocycles. The van der Waals surface area contributed by atoms with Crippen LogP contribution in [0.5, 0.6) is 0 Å². The Morgan fingerprint density at radius 2 is 2.29 bits per heavy atom. The third kappa shape index (κ3) is 1.31. The Bertz CT molecular complexity index is 520. The lowest BCUT2D eigenvalue weighted by Crippen LogP contribution is -1.83. The minimum atomic E-state index is 0.797. The average molecular weight is 219 g/mol. The van der Waals surface area contributed by atoms with Gasteiger partial charge in [-0.3, -0.25) is 0 Å². The van der Waals surface area contributed by atoms with Gasteiger partial charge in [0.2, 0.25) is 0 Å². The molecule has 3 heteroatoms. The van der Waals surface area contributed by atoms with Crippen molar-refractivity contribution < 1.29 is 0 Å². The number of benzene rings is 1. The normalized spacial score (nSPS) is 10.4. The predicted octanol–water partition coefficient (Wildman–Crippen LogP) is 3.80. The van der Waals surface area contributed by atoms with Gasteiger partial charge in [-0.2, -0.15) is 5.26 Å². The van der Waals surface area contributed by atoms with Crippen molar-refractivity contribution in [2.24, 2.45) is 0 Å². The monoisotopic (exact) mass is 219 g/mol. The number of nitriles is 1. The van der Waals surface area contributed by atoms with Crippen LogP contribution in [0.25, 0.3) is 10.1 Å². The first kappa shape index (κ1) is 9.57. The second-order valence-electron chi connectivity index (χ2n) is 3.05. The highest BCUT2D eigenvalue weighted by Crippen LogP contribution is 2.35. The maximum absolute atomic E-state index is 8.99. The Morgan fingerprint density at radius 3 is 2.93 bits per heavy atom. The smallest absolute Gasteiger partial charge is 0.101 e. The van der Waals surface area contributed by atoms with Crippen molar-refractivity contribution in [3.05, 3.63) is 28.6 Å². The summed E-state index contributed by atoms with van der Waals surface area (Å²) in [5.41, 5.74) is 1.99. The third-order valence-corrected chi connectivity index (χ3v) is 4.10. The minimum Gasteiger partial charge on any atom is -0.192 e. The summed E-state index contributed by atoms with van der Waals surface area (Å²) in [4.78, 5) is 1.29. The fourth-order valence-corrected chi connectivity index (χ4v) is 3.31. The zero-order valence-corrected chi connectivity index (χ0v) is 9.63. The molecule has 0 N–H and O–H groups in total. The molecule has 0 radical (unpaired) electrons. The number of thioether (sulfide) groups is 1. The van der Waals surface area contributed by atoms with Crippen molar-refractivity contribution in [2.75, 3.05) is 6.26 Å². The molecule has 1 heterocycles. The highest BCUT2D eigenvalue weighted by molar-refractivity contribution is 7.98. The second-order valence-corrected chi connectivity index (χ2v) is 4.78. The molecule has 0 aliphatic heterocycles. The first-order chi connectivity index (χ1) is 6.77. The molecule has 0 saturated heterocycles. The Morgan fingerprint density at radius 1 is 1.50 bits per heavy atom. The van der Waals surface area contributed by atoms with Gasteiger partial charge in [-0.25, -0.2) is 0 Å². The maximum Gasteiger partial charge on any atom is 0.101 e. The number of rotatable bonds is 1. The molecule has 0 bridgehead atoms. The van der Waals surface area contributed by atoms with E-state index in [4.69, 9.17) is 5.26 Å². The lowest BCUT2D eigenvalue weighted by molar-refractivity contribution is 1.35. The van der Waals surface area contributed by atoms with Crippen LogP contribution >= 0.6 is 23.1 Å². The third-order valence-electron chi connectivity index (χ3n) is 2.20. The van der Waals surface area contributed by atoms with Gasteiger partial charge in [0, 0.05) is 10.3 Å². The van der Waals surface area contributed by atoms with E-state index in [1.807, 2.05) is 11.4 Å². The van der Waals surface area contributed by atoms with Crippen LogP contribution < -0.4 is 0 Å². The van der Waals surface area contributed by atoms with E-state index < -0.39 is 0 Å². The van der Waals surface area contributed by atoms with Gasteiger partial charge in [-0.05, 0) is 36.3 Å². The average Bonchev–Trinajstić information content (AvgIpc) is 2.65. The van der Waals surface area contributed by atoms with E-state index >= 15 is 0 Å². The van der Waals surface area contributed by atoms with Crippen molar-refractivity contribution in [1.82, 2.24) is 0 Å². The summed E-state index contributed by atoms with van der Waals surface area (Å²) in [6, 6.07) is 6.32. The fraction of sp³-hybridized carbons (Fsp3) is 0.182. The van der Waals surface area contributed by atoms with Gasteiger partial charge in [-0.15, -0.1) is 23.1 Å². The summed E-state index contributed by atoms with van der Waals surface area (Å²) in [6.07, 6.45) is 2.07. The van der Waals surface area contributed by atoms with Crippen LogP contribution in [0.3, 0.4) is 0 Å². The van der Waals surface area contributed by atoms with Crippen LogP contribution in [0.4, 0.5) is 0 Å². The van der Waals surface area contributed by atoms with Crippen LogP contribution in [-0.2, 0) is 0 Å². The van der Waals surface area contributed by atoms with Crippen LogP contribution in [-0.4, -0.2) is 6.26 Å². The minimum absolute atomic E-state index is 0.797. The standard InChI is InChI=1S/C11H9NS2/c1-7-5-8(6-12)11-9(3-4-14-11)10(7)13-2/h3-5H,1-2H3. The van der Waals surface area contributed by atoms with E-state index in [0.29, 0.717) is 0 Å². The number of hydrogen-bond acceptors (Lipinski definition) is 3. The van der Waals surface area contributed by atoms with E-state index in [1.165, 1.54) is 15.8 Å². The van der Waals surface area contributed by atoms with E-state index in [2.05, 4.69) is 25.3 Å². The largest absolute Gasteiger partial charge is 0.192 e. The molecule has 1 aromatic carbocycles. The van der Waals surface area contributed by atoms with Gasteiger partial charge in [-0.1, -0.05) is 0 Å². The Balaban J connectivity index is 2.90. The molecule has 2 rings (SSSR count). The van der Waals surface area contributed by atoms with Gasteiger partial charge in [0.15, 0.2) is 0 Å². The van der Waals surface area contributed by atoms with Crippen molar-refractivity contribution in [3.8, 4) is 6.07 Å². The number of thiophene rings is 1. The lowest BCUT2D eigenvalue weighted by Gasteiger charge is -2.05. The van der Waals surface area contributed by atoms with E-state index in [0.717, 1.165) is 10.3 Å². The van der Waals surface area contributed by atoms with Crippen LogP contribution in [0.15, 0.2) is 22.4 Å². The molecule has 0 aliphatic rings. The van der Waals surface area contributed by atoms with Crippen molar-refractivity contribution in [1.29, 1.82) is 5.26 Å².